The second-order valence-electron chi connectivity index (χ2n) is 35.6. The molecule has 12 heterocycles. The highest BCUT2D eigenvalue weighted by Crippen LogP contribution is 2.48. The minimum Gasteiger partial charge on any atom is -0.455 e. The first-order chi connectivity index (χ1) is 60.2. The fraction of sp³-hybridized carbons (Fsp3) is 0.955. The number of carbonyl (C=O) groups is 4. The SMILES string of the molecule is CC1(C)OC2[C@@H](O[C@H](CO)[C@@H]2O)O1.CC[C@H]1O[C@@H](Cl)C(F)(CF)[C@H]1C.CC[C@H]1O[C@@H](O)C(F)(CF)[C@H]1C.CC[C@H]1O[C@@H](OC(C)=O)C(F)(CF)[C@H]1C.CC[C@H]1O[C@@H](OC(C)=O)C(OC(C)=O)[C@H]1C.CC[C@H]1O[C@@H](OC)C(=O)[C@H]1C.CC[C@H]1O[C@@H](OC)C(F)(CF)[C@H]1C.CC[C@H]1O[C@@H](OC)C(O)(CF)[C@H]1C.CC[C@H]1O[C@@H](OC)C(O)[C@H]1C.CC[C@H]1O[C@H]2OC(C)(C)OC2[C@H]1C. The number of Topliss-reactive ketones (excluding diaryl/α,β-unsaturated/α-hetero) is 1. The summed E-state index contributed by atoms with van der Waals surface area (Å²) in [7, 11) is 5.79. The van der Waals surface area contributed by atoms with E-state index in [1.807, 2.05) is 90.0 Å². The second-order valence-corrected chi connectivity index (χ2v) is 36.0. The fourth-order valence-corrected chi connectivity index (χ4v) is 17.6. The van der Waals surface area contributed by atoms with Gasteiger partial charge in [-0.05, 0) is 85.5 Å². The normalized spacial score (nSPS) is 43.7. The molecule has 12 aliphatic heterocycles. The Morgan fingerprint density at radius 1 is 0.388 bits per heavy atom. The van der Waals surface area contributed by atoms with Crippen LogP contribution < -0.4 is 0 Å². The zero-order chi connectivity index (χ0) is 98.9. The van der Waals surface area contributed by atoms with Crippen LogP contribution >= 0.6 is 11.6 Å². The van der Waals surface area contributed by atoms with E-state index in [0.29, 0.717) is 37.7 Å². The first-order valence-corrected chi connectivity index (χ1v) is 45.6. The summed E-state index contributed by atoms with van der Waals surface area (Å²) in [5.74, 6) is -4.31. The number of fused-ring (bicyclic) bond motifs is 2. The number of aliphatic hydroxyl groups excluding tert-OH is 4. The molecule has 0 bridgehead atoms. The Bertz CT molecular complexity index is 3110. The number of methoxy groups -OCH3 is 4. The van der Waals surface area contributed by atoms with Crippen molar-refractivity contribution < 1.29 is 184 Å². The third-order valence-corrected chi connectivity index (χ3v) is 26.7. The molecule has 40 heteroatoms. The Morgan fingerprint density at radius 3 is 1.10 bits per heavy atom. The Kier molecular flexibility index (Phi) is 49.9. The van der Waals surface area contributed by atoms with Crippen molar-refractivity contribution in [2.45, 2.75) is 424 Å². The zero-order valence-corrected chi connectivity index (χ0v) is 81.7. The van der Waals surface area contributed by atoms with Gasteiger partial charge in [0.1, 0.15) is 69.5 Å². The van der Waals surface area contributed by atoms with Crippen molar-refractivity contribution in [1.82, 2.24) is 0 Å². The maximum Gasteiger partial charge on any atom is 0.305 e. The van der Waals surface area contributed by atoms with Gasteiger partial charge in [-0.2, -0.15) is 0 Å². The maximum absolute atomic E-state index is 14.1. The van der Waals surface area contributed by atoms with Crippen molar-refractivity contribution in [1.29, 1.82) is 0 Å². The topological polar surface area (TPSA) is 363 Å². The van der Waals surface area contributed by atoms with E-state index in [0.717, 1.165) is 39.0 Å². The molecular formula is C89H156ClF9O30. The predicted molar refractivity (Wildman–Crippen MR) is 451 cm³/mol. The van der Waals surface area contributed by atoms with Gasteiger partial charge in [0, 0.05) is 102 Å². The Balaban J connectivity index is 0.000000370. The molecule has 39 atom stereocenters. The lowest BCUT2D eigenvalue weighted by molar-refractivity contribution is -0.218. The van der Waals surface area contributed by atoms with Crippen LogP contribution in [0.3, 0.4) is 0 Å². The summed E-state index contributed by atoms with van der Waals surface area (Å²) in [5.41, 5.74) is -11.0. The lowest BCUT2D eigenvalue weighted by Crippen LogP contribution is -2.46. The van der Waals surface area contributed by atoms with Gasteiger partial charge < -0.3 is 125 Å². The fourth-order valence-electron chi connectivity index (χ4n) is 17.2. The molecule has 0 saturated carbocycles. The average Bonchev–Trinajstić information content (AvgIpc) is 1.62. The number of carbonyl (C=O) groups excluding carboxylic acids is 4. The molecule has 12 saturated heterocycles. The summed E-state index contributed by atoms with van der Waals surface area (Å²) in [6, 6.07) is 0. The van der Waals surface area contributed by atoms with Crippen molar-refractivity contribution in [2.75, 3.05) is 68.4 Å². The molecule has 0 aromatic rings. The molecule has 0 aromatic carbocycles. The molecule has 0 aliphatic carbocycles. The van der Waals surface area contributed by atoms with Crippen LogP contribution in [0.4, 0.5) is 39.5 Å². The van der Waals surface area contributed by atoms with Crippen molar-refractivity contribution >= 4 is 35.3 Å². The van der Waals surface area contributed by atoms with Crippen molar-refractivity contribution in [2.24, 2.45) is 53.3 Å². The van der Waals surface area contributed by atoms with Crippen molar-refractivity contribution in [3.63, 3.8) is 0 Å². The highest BCUT2D eigenvalue weighted by Gasteiger charge is 2.61. The summed E-state index contributed by atoms with van der Waals surface area (Å²) in [6.45, 7) is 39.3. The van der Waals surface area contributed by atoms with E-state index in [-0.39, 0.29) is 91.2 Å². The summed E-state index contributed by atoms with van der Waals surface area (Å²) in [6.07, 6.45) is -4.27. The maximum atomic E-state index is 14.1. The molecule has 0 amide bonds. The predicted octanol–water partition coefficient (Wildman–Crippen LogP) is 13.4. The number of rotatable bonds is 22. The van der Waals surface area contributed by atoms with E-state index >= 15 is 0 Å². The molecule has 9 unspecified atom stereocenters. The van der Waals surface area contributed by atoms with Crippen LogP contribution in [0.2, 0.25) is 0 Å². The van der Waals surface area contributed by atoms with Crippen LogP contribution in [0.25, 0.3) is 0 Å². The smallest absolute Gasteiger partial charge is 0.305 e. The molecule has 12 fully saturated rings. The lowest BCUT2D eigenvalue weighted by atomic mass is 9.87. The first kappa shape index (κ1) is 120. The number of hydrogen-bond acceptors (Lipinski definition) is 30. The quantitative estimate of drug-likeness (QED) is 0.0291. The van der Waals surface area contributed by atoms with Crippen LogP contribution in [0.1, 0.15) is 231 Å². The Morgan fingerprint density at radius 2 is 0.767 bits per heavy atom. The van der Waals surface area contributed by atoms with Gasteiger partial charge in [0.05, 0.1) is 61.5 Å². The number of esters is 3. The molecule has 129 heavy (non-hydrogen) atoms. The summed E-state index contributed by atoms with van der Waals surface area (Å²) >= 11 is 5.55. The molecule has 12 aliphatic rings. The summed E-state index contributed by atoms with van der Waals surface area (Å²) < 4.78 is 227. The number of aliphatic hydroxyl groups is 5. The Hall–Kier alpha value is -3.18. The van der Waals surface area contributed by atoms with Crippen LogP contribution in [-0.4, -0.2) is 311 Å². The van der Waals surface area contributed by atoms with Crippen molar-refractivity contribution in [3.05, 3.63) is 0 Å². The van der Waals surface area contributed by atoms with E-state index in [1.54, 1.807) is 55.6 Å². The van der Waals surface area contributed by atoms with Gasteiger partial charge >= 0.3 is 17.9 Å². The van der Waals surface area contributed by atoms with Gasteiger partial charge in [-0.15, -0.1) is 0 Å². The molecule has 0 radical (unpaired) electrons. The minimum atomic E-state index is -2.22. The number of hydrogen-bond donors (Lipinski definition) is 5. The number of ketones is 1. The highest BCUT2D eigenvalue weighted by atomic mass is 35.5. The molecule has 5 N–H and O–H groups in total. The molecule has 12 rings (SSSR count). The number of alkyl halides is 10. The number of ether oxygens (including phenoxy) is 21. The van der Waals surface area contributed by atoms with Gasteiger partial charge in [0.2, 0.25) is 24.5 Å². The third-order valence-electron chi connectivity index (χ3n) is 26.2. The van der Waals surface area contributed by atoms with Crippen LogP contribution in [0.15, 0.2) is 0 Å². The molecule has 762 valence electrons. The molecule has 30 nitrogen and oxygen atoms in total. The second kappa shape index (κ2) is 53.7. The van der Waals surface area contributed by atoms with Gasteiger partial charge in [0.25, 0.3) is 0 Å². The monoisotopic (exact) mass is 1910 g/mol. The standard InChI is InChI=1S/C11H18O5.C10H16F2O3.C10H18O3.C9H16F2O2.C9H17FO3.C8H13ClF2O.C8H14F2O2.C8H14O5.C8H16O3.C8H14O3/c1-5-9-6(2)10(14-7(3)12)11(16-9)15-8(4)13;1-4-8-6(2)10(12,5-11)9(15-8)14-7(3)13;1-5-7-6(2)8-9(11-7)13-10(3,4)12-8;2*1-4-7-6(2)9(11,5-10)8(12-3)13-7;1-3-6-5(2)8(11,4-10)7(9)12-6;1-3-6-5(2)8(10,4-9)7(11)12-6;1-8(2)12-6-5(10)4(3-9)11-7(6)13-8;2*1-4-6-5(2)7(9)8(10-3)11-6/h6,9-11H,5H2,1-4H3;6,8-9H,4-5H2,1-3H3;6-9H,5H2,1-4H3;6-8H,4-5H2,1-3H3;6-8,11H,4-5H2,1-3H3;5-7H,3-4H2,1-2H3;5-7,11H,3-4H2,1-2H3;4-7,9-10H,3H2,1-2H3;5-9H,4H2,1-3H3;5-6,8H,4H2,1-3H3/t6-,9+,10?,11+;6-,8+,9+,10?;6-,7+,8?,9-;2*6-,7+,8+,9?;2*5-,6+,7+,8?;4-,5+,6?,7+;5-,6+,7?,8+;5-,6+,8+/m0000000100/s1. The average molecular weight is 1910 g/mol. The highest BCUT2D eigenvalue weighted by molar-refractivity contribution is 6.20. The van der Waals surface area contributed by atoms with E-state index in [4.69, 9.17) is 117 Å². The largest absolute Gasteiger partial charge is 0.455 e. The van der Waals surface area contributed by atoms with E-state index in [9.17, 15) is 74.0 Å². The number of halogens is 10. The van der Waals surface area contributed by atoms with E-state index in [1.165, 1.54) is 35.2 Å². The van der Waals surface area contributed by atoms with Crippen LogP contribution in [0, 0.1) is 53.3 Å². The molecule has 0 aromatic heterocycles. The van der Waals surface area contributed by atoms with E-state index < -0.39 is 207 Å². The van der Waals surface area contributed by atoms with Gasteiger partial charge in [-0.1, -0.05) is 136 Å². The summed E-state index contributed by atoms with van der Waals surface area (Å²) in [4.78, 5) is 43.8. The van der Waals surface area contributed by atoms with Gasteiger partial charge in [-0.3, -0.25) is 19.2 Å². The van der Waals surface area contributed by atoms with Crippen LogP contribution in [-0.2, 0) is 119 Å². The van der Waals surface area contributed by atoms with Gasteiger partial charge in [-0.25, -0.2) is 39.5 Å². The Labute approximate surface area is 762 Å². The lowest BCUT2D eigenvalue weighted by Gasteiger charge is -2.27. The summed E-state index contributed by atoms with van der Waals surface area (Å²) in [5, 5.41) is 46.9. The molecule has 0 spiro atoms. The first-order valence-electron chi connectivity index (χ1n) is 45.2. The van der Waals surface area contributed by atoms with E-state index in [2.05, 4.69) is 18.6 Å². The van der Waals surface area contributed by atoms with Gasteiger partial charge in [0.15, 0.2) is 83.8 Å². The third kappa shape index (κ3) is 29.7. The zero-order valence-electron chi connectivity index (χ0n) is 81.0. The van der Waals surface area contributed by atoms with Crippen LogP contribution in [0.5, 0.6) is 0 Å². The molecular weight excluding hydrogens is 1760 g/mol. The minimum absolute atomic E-state index is 0.00931. The van der Waals surface area contributed by atoms with Crippen molar-refractivity contribution in [3.8, 4) is 0 Å².